The van der Waals surface area contributed by atoms with E-state index in [4.69, 9.17) is 4.74 Å². The SMILES string of the molecule is CCCOc1ccccc1C(=O)NC[C@@H](c1ccc(C)cc1)N1CCCCC1. The van der Waals surface area contributed by atoms with Gasteiger partial charge in [-0.15, -0.1) is 0 Å². The fraction of sp³-hybridized carbons (Fsp3) is 0.458. The van der Waals surface area contributed by atoms with Crippen LogP contribution in [0, 0.1) is 6.92 Å². The van der Waals surface area contributed by atoms with Crippen molar-refractivity contribution < 1.29 is 9.53 Å². The molecule has 0 spiro atoms. The van der Waals surface area contributed by atoms with E-state index in [0.29, 0.717) is 24.5 Å². The molecule has 2 aromatic carbocycles. The summed E-state index contributed by atoms with van der Waals surface area (Å²) in [7, 11) is 0. The first kappa shape index (κ1) is 20.4. The number of piperidine rings is 1. The molecule has 0 aliphatic carbocycles. The summed E-state index contributed by atoms with van der Waals surface area (Å²) in [5.41, 5.74) is 3.13. The lowest BCUT2D eigenvalue weighted by Crippen LogP contribution is -2.40. The summed E-state index contributed by atoms with van der Waals surface area (Å²) < 4.78 is 5.76. The van der Waals surface area contributed by atoms with Crippen molar-refractivity contribution in [2.45, 2.75) is 45.6 Å². The van der Waals surface area contributed by atoms with Crippen LogP contribution in [0.4, 0.5) is 0 Å². The predicted molar refractivity (Wildman–Crippen MR) is 114 cm³/mol. The molecule has 0 saturated carbocycles. The molecule has 1 amide bonds. The molecule has 1 heterocycles. The maximum atomic E-state index is 12.9. The van der Waals surface area contributed by atoms with Gasteiger partial charge < -0.3 is 10.1 Å². The highest BCUT2D eigenvalue weighted by atomic mass is 16.5. The van der Waals surface area contributed by atoms with Crippen LogP contribution in [0.5, 0.6) is 5.75 Å². The second-order valence-electron chi connectivity index (χ2n) is 7.58. The van der Waals surface area contributed by atoms with Crippen LogP contribution in [0.3, 0.4) is 0 Å². The number of amides is 1. The van der Waals surface area contributed by atoms with E-state index in [-0.39, 0.29) is 11.9 Å². The number of carbonyl (C=O) groups is 1. The number of nitrogens with zero attached hydrogens (tertiary/aromatic N) is 1. The van der Waals surface area contributed by atoms with Gasteiger partial charge in [0.05, 0.1) is 18.2 Å². The van der Waals surface area contributed by atoms with Crippen molar-refractivity contribution in [2.75, 3.05) is 26.2 Å². The highest BCUT2D eigenvalue weighted by Gasteiger charge is 2.23. The second-order valence-corrected chi connectivity index (χ2v) is 7.58. The van der Waals surface area contributed by atoms with Crippen LogP contribution in [0.2, 0.25) is 0 Å². The molecule has 4 nitrogen and oxygen atoms in total. The number of benzene rings is 2. The Bertz CT molecular complexity index is 751. The molecule has 1 N–H and O–H groups in total. The lowest BCUT2D eigenvalue weighted by atomic mass is 10.0. The van der Waals surface area contributed by atoms with E-state index in [1.807, 2.05) is 24.3 Å². The Hall–Kier alpha value is -2.33. The third-order valence-electron chi connectivity index (χ3n) is 5.34. The lowest BCUT2D eigenvalue weighted by molar-refractivity contribution is 0.0920. The van der Waals surface area contributed by atoms with E-state index in [1.54, 1.807) is 0 Å². The lowest BCUT2D eigenvalue weighted by Gasteiger charge is -2.35. The standard InChI is InChI=1S/C24H32N2O2/c1-3-17-28-23-10-6-5-9-21(23)24(27)25-18-22(26-15-7-4-8-16-26)20-13-11-19(2)12-14-20/h5-6,9-14,22H,3-4,7-8,15-18H2,1-2H3,(H,25,27)/t22-/m0/s1. The van der Waals surface area contributed by atoms with Crippen LogP contribution in [0.15, 0.2) is 48.5 Å². The Morgan fingerprint density at radius 2 is 1.79 bits per heavy atom. The average Bonchev–Trinajstić information content (AvgIpc) is 2.74. The Morgan fingerprint density at radius 3 is 2.50 bits per heavy atom. The molecular weight excluding hydrogens is 348 g/mol. The number of hydrogen-bond donors (Lipinski definition) is 1. The van der Waals surface area contributed by atoms with Crippen LogP contribution in [0.25, 0.3) is 0 Å². The summed E-state index contributed by atoms with van der Waals surface area (Å²) in [5.74, 6) is 0.590. The summed E-state index contributed by atoms with van der Waals surface area (Å²) >= 11 is 0. The quantitative estimate of drug-likeness (QED) is 0.719. The van der Waals surface area contributed by atoms with E-state index >= 15 is 0 Å². The number of hydrogen-bond acceptors (Lipinski definition) is 3. The summed E-state index contributed by atoms with van der Waals surface area (Å²) in [6.45, 7) is 7.56. The molecule has 1 saturated heterocycles. The topological polar surface area (TPSA) is 41.6 Å². The van der Waals surface area contributed by atoms with Crippen LogP contribution in [0.1, 0.15) is 60.1 Å². The molecule has 0 bridgehead atoms. The molecule has 150 valence electrons. The van der Waals surface area contributed by atoms with Crippen molar-refractivity contribution in [2.24, 2.45) is 0 Å². The zero-order valence-electron chi connectivity index (χ0n) is 17.1. The first-order valence-electron chi connectivity index (χ1n) is 10.5. The molecule has 0 radical (unpaired) electrons. The first-order chi connectivity index (χ1) is 13.7. The fourth-order valence-corrected chi connectivity index (χ4v) is 3.75. The van der Waals surface area contributed by atoms with Crippen molar-refractivity contribution in [1.29, 1.82) is 0 Å². The van der Waals surface area contributed by atoms with Gasteiger partial charge in [-0.25, -0.2) is 0 Å². The maximum absolute atomic E-state index is 12.9. The molecule has 4 heteroatoms. The third-order valence-corrected chi connectivity index (χ3v) is 5.34. The van der Waals surface area contributed by atoms with E-state index in [0.717, 1.165) is 19.5 Å². The predicted octanol–water partition coefficient (Wildman–Crippen LogP) is 4.74. The van der Waals surface area contributed by atoms with E-state index < -0.39 is 0 Å². The largest absolute Gasteiger partial charge is 0.493 e. The molecule has 1 fully saturated rings. The van der Waals surface area contributed by atoms with Crippen molar-refractivity contribution >= 4 is 5.91 Å². The summed E-state index contributed by atoms with van der Waals surface area (Å²) in [6, 6.07) is 16.4. The van der Waals surface area contributed by atoms with Gasteiger partial charge in [-0.1, -0.05) is 55.3 Å². The van der Waals surface area contributed by atoms with E-state index in [9.17, 15) is 4.79 Å². The van der Waals surface area contributed by atoms with Crippen molar-refractivity contribution in [3.05, 3.63) is 65.2 Å². The minimum Gasteiger partial charge on any atom is -0.493 e. The van der Waals surface area contributed by atoms with Gasteiger partial charge in [0.2, 0.25) is 0 Å². The number of ether oxygens (including phenoxy) is 1. The molecule has 1 aliphatic rings. The second kappa shape index (κ2) is 10.3. The van der Waals surface area contributed by atoms with Gasteiger partial charge in [0.15, 0.2) is 0 Å². The highest BCUT2D eigenvalue weighted by molar-refractivity contribution is 5.96. The zero-order valence-corrected chi connectivity index (χ0v) is 17.1. The van der Waals surface area contributed by atoms with Crippen molar-refractivity contribution in [3.63, 3.8) is 0 Å². The minimum atomic E-state index is -0.0687. The molecule has 1 atom stereocenters. The van der Waals surface area contributed by atoms with E-state index in [1.165, 1.54) is 30.4 Å². The number of nitrogens with one attached hydrogen (secondary N) is 1. The normalized spacial score (nSPS) is 15.8. The molecule has 3 rings (SSSR count). The number of aryl methyl sites for hydroxylation is 1. The Labute approximate surface area is 168 Å². The van der Waals surface area contributed by atoms with Crippen molar-refractivity contribution in [3.8, 4) is 5.75 Å². The molecule has 0 aromatic heterocycles. The monoisotopic (exact) mass is 380 g/mol. The maximum Gasteiger partial charge on any atom is 0.255 e. The van der Waals surface area contributed by atoms with Crippen molar-refractivity contribution in [1.82, 2.24) is 10.2 Å². The van der Waals surface area contributed by atoms with Gasteiger partial charge in [-0.2, -0.15) is 0 Å². The number of likely N-dealkylation sites (tertiary alicyclic amines) is 1. The van der Waals surface area contributed by atoms with Gasteiger partial charge in [-0.05, 0) is 57.0 Å². The smallest absolute Gasteiger partial charge is 0.255 e. The molecule has 2 aromatic rings. The fourth-order valence-electron chi connectivity index (χ4n) is 3.75. The Kier molecular flexibility index (Phi) is 7.49. The van der Waals surface area contributed by atoms with Gasteiger partial charge in [0.1, 0.15) is 5.75 Å². The number of para-hydroxylation sites is 1. The molecular formula is C24H32N2O2. The summed E-state index contributed by atoms with van der Waals surface area (Å²) in [4.78, 5) is 15.4. The van der Waals surface area contributed by atoms with Gasteiger partial charge in [0.25, 0.3) is 5.91 Å². The Morgan fingerprint density at radius 1 is 1.07 bits per heavy atom. The first-order valence-corrected chi connectivity index (χ1v) is 10.5. The van der Waals surface area contributed by atoms with Crippen LogP contribution < -0.4 is 10.1 Å². The zero-order chi connectivity index (χ0) is 19.8. The van der Waals surface area contributed by atoms with Crippen LogP contribution >= 0.6 is 0 Å². The van der Waals surface area contributed by atoms with Gasteiger partial charge >= 0.3 is 0 Å². The highest BCUT2D eigenvalue weighted by Crippen LogP contribution is 2.25. The van der Waals surface area contributed by atoms with Gasteiger partial charge in [-0.3, -0.25) is 9.69 Å². The molecule has 28 heavy (non-hydrogen) atoms. The molecule has 0 unspecified atom stereocenters. The minimum absolute atomic E-state index is 0.0687. The van der Waals surface area contributed by atoms with Gasteiger partial charge in [0, 0.05) is 6.54 Å². The number of carbonyl (C=O) groups excluding carboxylic acids is 1. The van der Waals surface area contributed by atoms with Crippen LogP contribution in [-0.4, -0.2) is 37.0 Å². The van der Waals surface area contributed by atoms with E-state index in [2.05, 4.69) is 48.3 Å². The third kappa shape index (κ3) is 5.35. The Balaban J connectivity index is 1.72. The number of rotatable bonds is 8. The average molecular weight is 381 g/mol. The molecule has 1 aliphatic heterocycles. The van der Waals surface area contributed by atoms with Crippen LogP contribution in [-0.2, 0) is 0 Å². The summed E-state index contributed by atoms with van der Waals surface area (Å²) in [5, 5.41) is 3.17. The summed E-state index contributed by atoms with van der Waals surface area (Å²) in [6.07, 6.45) is 4.67.